The van der Waals surface area contributed by atoms with Gasteiger partial charge in [0.1, 0.15) is 5.75 Å². The zero-order valence-corrected chi connectivity index (χ0v) is 15.8. The smallest absolute Gasteiger partial charge is 0.344 e. The van der Waals surface area contributed by atoms with Gasteiger partial charge >= 0.3 is 5.97 Å². The molecule has 0 heterocycles. The Morgan fingerprint density at radius 1 is 1.19 bits per heavy atom. The lowest BCUT2D eigenvalue weighted by Gasteiger charge is -2.14. The highest BCUT2D eigenvalue weighted by Gasteiger charge is 2.19. The molecule has 0 aliphatic heterocycles. The molecule has 0 bridgehead atoms. The number of halogens is 1. The molecular weight excluding hydrogens is 396 g/mol. The molecule has 0 unspecified atom stereocenters. The molecular formula is C17H17ClN2O6S. The van der Waals surface area contributed by atoms with E-state index in [0.717, 1.165) is 0 Å². The van der Waals surface area contributed by atoms with Gasteiger partial charge in [-0.3, -0.25) is 4.79 Å². The molecule has 27 heavy (non-hydrogen) atoms. The predicted molar refractivity (Wildman–Crippen MR) is 98.9 cm³/mol. The van der Waals surface area contributed by atoms with Crippen molar-refractivity contribution in [3.8, 4) is 5.75 Å². The molecule has 2 rings (SSSR count). The lowest BCUT2D eigenvalue weighted by Crippen LogP contribution is -2.31. The maximum absolute atomic E-state index is 12.1. The Hall–Kier alpha value is -2.62. The van der Waals surface area contributed by atoms with Gasteiger partial charge in [-0.25, -0.2) is 18.4 Å². The van der Waals surface area contributed by atoms with Gasteiger partial charge in [0.15, 0.2) is 12.7 Å². The minimum absolute atomic E-state index is 0.152. The molecule has 0 saturated carbocycles. The fourth-order valence-electron chi connectivity index (χ4n) is 1.95. The minimum Gasteiger partial charge on any atom is -0.482 e. The van der Waals surface area contributed by atoms with Crippen LogP contribution in [-0.4, -0.2) is 33.0 Å². The number of ether oxygens (including phenoxy) is 2. The molecule has 2 aromatic rings. The number of carbonyl (C=O) groups is 2. The van der Waals surface area contributed by atoms with E-state index in [2.05, 4.69) is 5.32 Å². The number of anilines is 1. The zero-order valence-electron chi connectivity index (χ0n) is 14.2. The van der Waals surface area contributed by atoms with E-state index in [1.807, 2.05) is 0 Å². The van der Waals surface area contributed by atoms with Crippen LogP contribution in [-0.2, 0) is 24.3 Å². The second-order valence-electron chi connectivity index (χ2n) is 5.44. The van der Waals surface area contributed by atoms with Gasteiger partial charge < -0.3 is 14.8 Å². The van der Waals surface area contributed by atoms with Gasteiger partial charge in [-0.1, -0.05) is 17.7 Å². The van der Waals surface area contributed by atoms with Crippen molar-refractivity contribution in [2.24, 2.45) is 5.14 Å². The number of nitrogens with two attached hydrogens (primary N) is 1. The van der Waals surface area contributed by atoms with Crippen molar-refractivity contribution >= 4 is 39.2 Å². The normalized spacial score (nSPS) is 12.1. The summed E-state index contributed by atoms with van der Waals surface area (Å²) >= 11 is 5.75. The number of amides is 1. The lowest BCUT2D eigenvalue weighted by atomic mass is 10.3. The summed E-state index contributed by atoms with van der Waals surface area (Å²) in [6, 6.07) is 11.8. The van der Waals surface area contributed by atoms with Crippen LogP contribution >= 0.6 is 11.6 Å². The summed E-state index contributed by atoms with van der Waals surface area (Å²) in [5.41, 5.74) is 0.201. The third kappa shape index (κ3) is 6.55. The first kappa shape index (κ1) is 20.7. The van der Waals surface area contributed by atoms with E-state index in [-0.39, 0.29) is 17.2 Å². The Bertz CT molecular complexity index is 931. The van der Waals surface area contributed by atoms with Crippen molar-refractivity contribution in [2.75, 3.05) is 11.9 Å². The summed E-state index contributed by atoms with van der Waals surface area (Å²) in [6.45, 7) is 0.985. The van der Waals surface area contributed by atoms with E-state index < -0.39 is 28.0 Å². The summed E-state index contributed by atoms with van der Waals surface area (Å²) in [5.74, 6) is -0.958. The number of benzene rings is 2. The quantitative estimate of drug-likeness (QED) is 0.669. The topological polar surface area (TPSA) is 125 Å². The molecule has 1 atom stereocenters. The van der Waals surface area contributed by atoms with Crippen LogP contribution in [0.25, 0.3) is 0 Å². The van der Waals surface area contributed by atoms with Crippen molar-refractivity contribution in [3.05, 3.63) is 53.6 Å². The van der Waals surface area contributed by atoms with E-state index in [1.54, 1.807) is 24.3 Å². The molecule has 0 aromatic heterocycles. The summed E-state index contributed by atoms with van der Waals surface area (Å²) in [4.78, 5) is 23.7. The highest BCUT2D eigenvalue weighted by molar-refractivity contribution is 7.89. The first-order valence-electron chi connectivity index (χ1n) is 7.67. The number of sulfonamides is 1. The van der Waals surface area contributed by atoms with Gasteiger partial charge in [-0.15, -0.1) is 0 Å². The van der Waals surface area contributed by atoms with Crippen LogP contribution in [0, 0.1) is 0 Å². The standard InChI is InChI=1S/C17H17ClN2O6S/c1-11(26-16(21)10-25-14-7-5-12(18)6-8-14)17(22)20-13-3-2-4-15(9-13)27(19,23)24/h2-9,11H,10H2,1H3,(H,20,22)(H2,19,23,24)/t11-/m1/s1. The fraction of sp³-hybridized carbons (Fsp3) is 0.176. The van der Waals surface area contributed by atoms with Gasteiger partial charge in [0.25, 0.3) is 5.91 Å². The van der Waals surface area contributed by atoms with Crippen LogP contribution in [0.15, 0.2) is 53.4 Å². The molecule has 3 N–H and O–H groups in total. The van der Waals surface area contributed by atoms with Crippen LogP contribution < -0.4 is 15.2 Å². The molecule has 2 aromatic carbocycles. The van der Waals surface area contributed by atoms with Crippen LogP contribution in [0.3, 0.4) is 0 Å². The first-order chi connectivity index (χ1) is 12.6. The van der Waals surface area contributed by atoms with Crippen LogP contribution in [0.5, 0.6) is 5.75 Å². The number of hydrogen-bond acceptors (Lipinski definition) is 6. The first-order valence-corrected chi connectivity index (χ1v) is 9.59. The van der Waals surface area contributed by atoms with E-state index in [0.29, 0.717) is 10.8 Å². The zero-order chi connectivity index (χ0) is 20.0. The average molecular weight is 413 g/mol. The number of nitrogens with one attached hydrogen (secondary N) is 1. The van der Waals surface area contributed by atoms with Crippen LogP contribution in [0.4, 0.5) is 5.69 Å². The van der Waals surface area contributed by atoms with Gasteiger partial charge in [0.2, 0.25) is 10.0 Å². The Kier molecular flexibility index (Phi) is 6.78. The molecule has 8 nitrogen and oxygen atoms in total. The molecule has 0 aliphatic carbocycles. The summed E-state index contributed by atoms with van der Waals surface area (Å²) in [5, 5.41) is 8.02. The Labute approximate surface area is 161 Å². The lowest BCUT2D eigenvalue weighted by molar-refractivity contribution is -0.155. The largest absolute Gasteiger partial charge is 0.482 e. The SMILES string of the molecule is C[C@@H](OC(=O)COc1ccc(Cl)cc1)C(=O)Nc1cccc(S(N)(=O)=O)c1. The Morgan fingerprint density at radius 2 is 1.85 bits per heavy atom. The predicted octanol–water partition coefficient (Wildman–Crippen LogP) is 1.94. The van der Waals surface area contributed by atoms with Crippen molar-refractivity contribution in [2.45, 2.75) is 17.9 Å². The highest BCUT2D eigenvalue weighted by atomic mass is 35.5. The molecule has 0 spiro atoms. The third-order valence-electron chi connectivity index (χ3n) is 3.28. The number of hydrogen-bond donors (Lipinski definition) is 2. The van der Waals surface area contributed by atoms with E-state index in [9.17, 15) is 18.0 Å². The minimum atomic E-state index is -3.90. The van der Waals surface area contributed by atoms with Gasteiger partial charge in [0.05, 0.1) is 4.90 Å². The Balaban J connectivity index is 1.87. The third-order valence-corrected chi connectivity index (χ3v) is 4.44. The summed E-state index contributed by atoms with van der Waals surface area (Å²) in [7, 11) is -3.90. The van der Waals surface area contributed by atoms with Crippen molar-refractivity contribution < 1.29 is 27.5 Å². The van der Waals surface area contributed by atoms with Crippen molar-refractivity contribution in [3.63, 3.8) is 0 Å². The second kappa shape index (κ2) is 8.85. The second-order valence-corrected chi connectivity index (χ2v) is 7.43. The fourth-order valence-corrected chi connectivity index (χ4v) is 2.64. The van der Waals surface area contributed by atoms with Crippen LogP contribution in [0.1, 0.15) is 6.92 Å². The number of primary sulfonamides is 1. The molecule has 0 aliphatic rings. The van der Waals surface area contributed by atoms with Crippen LogP contribution in [0.2, 0.25) is 5.02 Å². The molecule has 144 valence electrons. The van der Waals surface area contributed by atoms with Gasteiger partial charge in [-0.05, 0) is 49.4 Å². The number of esters is 1. The molecule has 10 heteroatoms. The summed E-state index contributed by atoms with van der Waals surface area (Å²) in [6.07, 6.45) is -1.12. The monoisotopic (exact) mass is 412 g/mol. The number of rotatable bonds is 7. The maximum Gasteiger partial charge on any atom is 0.344 e. The van der Waals surface area contributed by atoms with Crippen molar-refractivity contribution in [1.29, 1.82) is 0 Å². The van der Waals surface area contributed by atoms with E-state index in [4.69, 9.17) is 26.2 Å². The molecule has 0 saturated heterocycles. The van der Waals surface area contributed by atoms with E-state index in [1.165, 1.54) is 31.2 Å². The average Bonchev–Trinajstić information content (AvgIpc) is 2.60. The molecule has 1 amide bonds. The molecule has 0 radical (unpaired) electrons. The summed E-state index contributed by atoms with van der Waals surface area (Å²) < 4.78 is 32.9. The van der Waals surface area contributed by atoms with Crippen molar-refractivity contribution in [1.82, 2.24) is 0 Å². The molecule has 0 fully saturated rings. The van der Waals surface area contributed by atoms with Gasteiger partial charge in [0, 0.05) is 10.7 Å². The number of carbonyl (C=O) groups excluding carboxylic acids is 2. The van der Waals surface area contributed by atoms with E-state index >= 15 is 0 Å². The Morgan fingerprint density at radius 3 is 2.48 bits per heavy atom. The highest BCUT2D eigenvalue weighted by Crippen LogP contribution is 2.16. The van der Waals surface area contributed by atoms with Gasteiger partial charge in [-0.2, -0.15) is 0 Å². The maximum atomic E-state index is 12.1.